The molecule has 2 aromatic carbocycles. The van der Waals surface area contributed by atoms with Gasteiger partial charge in [0.2, 0.25) is 5.41 Å². The molecule has 0 aromatic heterocycles. The fraction of sp³-hybridized carbons (Fsp3) is 0.294. The van der Waals surface area contributed by atoms with Gasteiger partial charge in [-0.1, -0.05) is 59.7 Å². The maximum absolute atomic E-state index is 13.8. The average Bonchev–Trinajstić information content (AvgIpc) is 2.36. The van der Waals surface area contributed by atoms with E-state index >= 15 is 0 Å². The highest BCUT2D eigenvalue weighted by molar-refractivity contribution is 5.46. The van der Waals surface area contributed by atoms with Gasteiger partial charge in [-0.05, 0) is 25.0 Å². The molecule has 0 aliphatic heterocycles. The molecule has 0 unspecified atom stereocenters. The standard InChI is InChI=1S/C17H14F6/c1-11-5-3-7-13(9-11)15(16(18,19)20,17(21,22)23)14-8-4-6-12(2)10-14/h3-10H,1-2H3. The van der Waals surface area contributed by atoms with Gasteiger partial charge in [0, 0.05) is 0 Å². The van der Waals surface area contributed by atoms with Crippen LogP contribution in [-0.4, -0.2) is 12.4 Å². The molecule has 0 amide bonds. The zero-order valence-electron chi connectivity index (χ0n) is 12.4. The first kappa shape index (κ1) is 17.4. The van der Waals surface area contributed by atoms with Gasteiger partial charge in [0.1, 0.15) is 0 Å². The summed E-state index contributed by atoms with van der Waals surface area (Å²) in [7, 11) is 0. The topological polar surface area (TPSA) is 0 Å². The number of rotatable bonds is 2. The number of benzene rings is 2. The SMILES string of the molecule is Cc1cccc(C(c2cccc(C)c2)(C(F)(F)F)C(F)(F)F)c1. The summed E-state index contributed by atoms with van der Waals surface area (Å²) >= 11 is 0. The first-order valence-corrected chi connectivity index (χ1v) is 6.78. The van der Waals surface area contributed by atoms with Crippen molar-refractivity contribution in [3.63, 3.8) is 0 Å². The normalized spacial score (nSPS) is 13.2. The van der Waals surface area contributed by atoms with E-state index in [1.807, 2.05) is 0 Å². The molecule has 0 saturated heterocycles. The number of hydrogen-bond acceptors (Lipinski definition) is 0. The van der Waals surface area contributed by atoms with E-state index in [1.165, 1.54) is 38.1 Å². The van der Waals surface area contributed by atoms with Gasteiger partial charge < -0.3 is 0 Å². The predicted molar refractivity (Wildman–Crippen MR) is 75.2 cm³/mol. The molecule has 0 fully saturated rings. The first-order chi connectivity index (χ1) is 10.5. The highest BCUT2D eigenvalue weighted by Gasteiger charge is 2.72. The van der Waals surface area contributed by atoms with E-state index in [0.29, 0.717) is 11.1 Å². The molecule has 0 aliphatic carbocycles. The zero-order valence-corrected chi connectivity index (χ0v) is 12.4. The van der Waals surface area contributed by atoms with Crippen LogP contribution in [0.5, 0.6) is 0 Å². The lowest BCUT2D eigenvalue weighted by molar-refractivity contribution is -0.288. The molecule has 2 rings (SSSR count). The van der Waals surface area contributed by atoms with E-state index in [0.717, 1.165) is 24.3 Å². The number of aryl methyl sites for hydroxylation is 2. The third-order valence-electron chi connectivity index (χ3n) is 3.75. The fourth-order valence-electron chi connectivity index (χ4n) is 2.74. The number of halogens is 6. The van der Waals surface area contributed by atoms with Crippen molar-refractivity contribution in [3.8, 4) is 0 Å². The number of hydrogen-bond donors (Lipinski definition) is 0. The molecule has 0 N–H and O–H groups in total. The quantitative estimate of drug-likeness (QED) is 0.618. The zero-order chi connectivity index (χ0) is 17.5. The Bertz CT molecular complexity index is 635. The van der Waals surface area contributed by atoms with E-state index in [2.05, 4.69) is 0 Å². The minimum absolute atomic E-state index is 0.327. The lowest BCUT2D eigenvalue weighted by Crippen LogP contribution is -2.54. The smallest absolute Gasteiger partial charge is 0.169 e. The third-order valence-corrected chi connectivity index (χ3v) is 3.75. The second-order valence-corrected chi connectivity index (χ2v) is 5.48. The van der Waals surface area contributed by atoms with Crippen LogP contribution in [0.25, 0.3) is 0 Å². The lowest BCUT2D eigenvalue weighted by Gasteiger charge is -2.38. The Labute approximate surface area is 129 Å². The molecular weight excluding hydrogens is 318 g/mol. The molecule has 2 aromatic rings. The summed E-state index contributed by atoms with van der Waals surface area (Å²) in [6.07, 6.45) is -11.1. The Hall–Kier alpha value is -1.98. The minimum atomic E-state index is -5.53. The van der Waals surface area contributed by atoms with Crippen LogP contribution in [0.1, 0.15) is 22.3 Å². The van der Waals surface area contributed by atoms with Gasteiger partial charge in [-0.3, -0.25) is 0 Å². The van der Waals surface area contributed by atoms with Crippen LogP contribution in [-0.2, 0) is 5.41 Å². The molecule has 6 heteroatoms. The highest BCUT2D eigenvalue weighted by Crippen LogP contribution is 2.56. The van der Waals surface area contributed by atoms with E-state index in [9.17, 15) is 26.3 Å². The van der Waals surface area contributed by atoms with Crippen molar-refractivity contribution in [2.45, 2.75) is 31.6 Å². The summed E-state index contributed by atoms with van der Waals surface area (Å²) in [4.78, 5) is 0. The Morgan fingerprint density at radius 1 is 0.609 bits per heavy atom. The van der Waals surface area contributed by atoms with Crippen LogP contribution in [0, 0.1) is 13.8 Å². The Balaban J connectivity index is 2.93. The second-order valence-electron chi connectivity index (χ2n) is 5.48. The van der Waals surface area contributed by atoms with Crippen LogP contribution >= 0.6 is 0 Å². The predicted octanol–water partition coefficient (Wildman–Crippen LogP) is 5.71. The summed E-state index contributed by atoms with van der Waals surface area (Å²) < 4.78 is 82.7. The van der Waals surface area contributed by atoms with Crippen molar-refractivity contribution in [1.29, 1.82) is 0 Å². The van der Waals surface area contributed by atoms with Gasteiger partial charge in [-0.15, -0.1) is 0 Å². The molecule has 0 bridgehead atoms. The first-order valence-electron chi connectivity index (χ1n) is 6.78. The molecule has 0 nitrogen and oxygen atoms in total. The number of alkyl halides is 6. The molecule has 0 aliphatic rings. The Kier molecular flexibility index (Phi) is 4.22. The molecular formula is C17H14F6. The molecule has 0 atom stereocenters. The summed E-state index contributed by atoms with van der Waals surface area (Å²) in [5, 5.41) is 0. The van der Waals surface area contributed by atoms with Gasteiger partial charge in [-0.2, -0.15) is 26.3 Å². The summed E-state index contributed by atoms with van der Waals surface area (Å²) in [6, 6.07) is 8.92. The maximum Gasteiger partial charge on any atom is 0.411 e. The van der Waals surface area contributed by atoms with Crippen LogP contribution in [0.2, 0.25) is 0 Å². The molecule has 0 heterocycles. The van der Waals surface area contributed by atoms with E-state index in [4.69, 9.17) is 0 Å². The Morgan fingerprint density at radius 3 is 1.22 bits per heavy atom. The van der Waals surface area contributed by atoms with Crippen molar-refractivity contribution in [1.82, 2.24) is 0 Å². The van der Waals surface area contributed by atoms with Gasteiger partial charge in [0.05, 0.1) is 0 Å². The van der Waals surface area contributed by atoms with Gasteiger partial charge in [0.25, 0.3) is 0 Å². The molecule has 124 valence electrons. The molecule has 23 heavy (non-hydrogen) atoms. The minimum Gasteiger partial charge on any atom is -0.169 e. The van der Waals surface area contributed by atoms with Crippen molar-refractivity contribution >= 4 is 0 Å². The second kappa shape index (κ2) is 5.58. The van der Waals surface area contributed by atoms with Gasteiger partial charge >= 0.3 is 12.4 Å². The van der Waals surface area contributed by atoms with Crippen molar-refractivity contribution in [2.75, 3.05) is 0 Å². The van der Waals surface area contributed by atoms with Crippen LogP contribution < -0.4 is 0 Å². The lowest BCUT2D eigenvalue weighted by atomic mass is 9.72. The van der Waals surface area contributed by atoms with Crippen LogP contribution in [0.15, 0.2) is 48.5 Å². The van der Waals surface area contributed by atoms with E-state index in [-0.39, 0.29) is 0 Å². The molecule has 0 radical (unpaired) electrons. The summed E-state index contributed by atoms with van der Waals surface area (Å²) in [5.41, 5.74) is -5.06. The Morgan fingerprint density at radius 2 is 0.957 bits per heavy atom. The van der Waals surface area contributed by atoms with Crippen molar-refractivity contribution in [2.24, 2.45) is 0 Å². The molecule has 0 saturated carbocycles. The van der Waals surface area contributed by atoms with Crippen LogP contribution in [0.3, 0.4) is 0 Å². The molecule has 0 spiro atoms. The van der Waals surface area contributed by atoms with Gasteiger partial charge in [0.15, 0.2) is 0 Å². The van der Waals surface area contributed by atoms with Gasteiger partial charge in [-0.25, -0.2) is 0 Å². The van der Waals surface area contributed by atoms with E-state index in [1.54, 1.807) is 0 Å². The largest absolute Gasteiger partial charge is 0.411 e. The monoisotopic (exact) mass is 332 g/mol. The van der Waals surface area contributed by atoms with Crippen molar-refractivity contribution in [3.05, 3.63) is 70.8 Å². The summed E-state index contributed by atoms with van der Waals surface area (Å²) in [5.74, 6) is 0. The van der Waals surface area contributed by atoms with E-state index < -0.39 is 28.9 Å². The average molecular weight is 332 g/mol. The highest BCUT2D eigenvalue weighted by atomic mass is 19.4. The van der Waals surface area contributed by atoms with Crippen molar-refractivity contribution < 1.29 is 26.3 Å². The fourth-order valence-corrected chi connectivity index (χ4v) is 2.74. The maximum atomic E-state index is 13.8. The van der Waals surface area contributed by atoms with Crippen LogP contribution in [0.4, 0.5) is 26.3 Å². The summed E-state index contributed by atoms with van der Waals surface area (Å²) in [6.45, 7) is 2.91. The third kappa shape index (κ3) is 2.82.